The van der Waals surface area contributed by atoms with Crippen molar-refractivity contribution in [3.8, 4) is 11.1 Å². The van der Waals surface area contributed by atoms with E-state index in [1.54, 1.807) is 35.2 Å². The fraction of sp³-hybridized carbons (Fsp3) is 0.176. The van der Waals surface area contributed by atoms with E-state index in [1.807, 2.05) is 0 Å². The summed E-state index contributed by atoms with van der Waals surface area (Å²) in [5.74, 6) is -0.0197. The number of halogens is 3. The Kier molecular flexibility index (Phi) is 3.67. The minimum atomic E-state index is -4.38. The maximum absolute atomic E-state index is 12.8. The molecule has 118 valence electrons. The Bertz CT molecular complexity index is 881. The number of Topliss-reactive ketones (excluding diaryl/α,β-unsaturated/α-hetero) is 1. The largest absolute Gasteiger partial charge is 0.416 e. The van der Waals surface area contributed by atoms with Gasteiger partial charge < -0.3 is 4.57 Å². The number of benzene rings is 2. The molecule has 0 radical (unpaired) electrons. The lowest BCUT2D eigenvalue weighted by atomic mass is 10.0. The molecule has 0 aliphatic carbocycles. The zero-order chi connectivity index (χ0) is 16.6. The smallest absolute Gasteiger partial charge is 0.323 e. The molecule has 3 nitrogen and oxygen atoms in total. The molecule has 23 heavy (non-hydrogen) atoms. The van der Waals surface area contributed by atoms with Crippen LogP contribution in [0.3, 0.4) is 0 Å². The Morgan fingerprint density at radius 2 is 1.87 bits per heavy atom. The zero-order valence-electron chi connectivity index (χ0n) is 12.3. The van der Waals surface area contributed by atoms with Crippen LogP contribution < -0.4 is 0 Å². The Hall–Kier alpha value is -2.63. The monoisotopic (exact) mass is 318 g/mol. The van der Waals surface area contributed by atoms with Gasteiger partial charge in [0.15, 0.2) is 0 Å². The van der Waals surface area contributed by atoms with Crippen LogP contribution in [0.15, 0.2) is 48.8 Å². The highest BCUT2D eigenvalue weighted by Crippen LogP contribution is 2.32. The first-order valence-electron chi connectivity index (χ1n) is 6.96. The van der Waals surface area contributed by atoms with E-state index < -0.39 is 11.7 Å². The maximum Gasteiger partial charge on any atom is 0.416 e. The normalized spacial score (nSPS) is 11.8. The number of imidazole rings is 1. The first kappa shape index (κ1) is 15.3. The van der Waals surface area contributed by atoms with Gasteiger partial charge in [-0.1, -0.05) is 18.2 Å². The molecule has 1 heterocycles. The van der Waals surface area contributed by atoms with Crippen LogP contribution in [0, 0.1) is 0 Å². The van der Waals surface area contributed by atoms with Gasteiger partial charge in [-0.2, -0.15) is 13.2 Å². The molecular formula is C17H13F3N2O. The number of aromatic nitrogens is 2. The van der Waals surface area contributed by atoms with Crippen molar-refractivity contribution in [2.45, 2.75) is 19.6 Å². The SMILES string of the molecule is CC(=O)Cn1cnc2ccc(-c3cccc(C(F)(F)F)c3)cc21. The number of fused-ring (bicyclic) bond motifs is 1. The average molecular weight is 318 g/mol. The number of ketones is 1. The van der Waals surface area contributed by atoms with Gasteiger partial charge in [0.1, 0.15) is 5.78 Å². The molecule has 2 aromatic carbocycles. The summed E-state index contributed by atoms with van der Waals surface area (Å²) in [6, 6.07) is 10.4. The Balaban J connectivity index is 2.08. The Labute approximate surface area is 130 Å². The van der Waals surface area contributed by atoms with E-state index >= 15 is 0 Å². The lowest BCUT2D eigenvalue weighted by molar-refractivity contribution is -0.137. The first-order valence-corrected chi connectivity index (χ1v) is 6.96. The van der Waals surface area contributed by atoms with Crippen LogP contribution in [0.1, 0.15) is 12.5 Å². The number of hydrogen-bond acceptors (Lipinski definition) is 2. The summed E-state index contributed by atoms with van der Waals surface area (Å²) in [7, 11) is 0. The predicted molar refractivity (Wildman–Crippen MR) is 80.9 cm³/mol. The summed E-state index contributed by atoms with van der Waals surface area (Å²) in [6.45, 7) is 1.66. The molecule has 0 aliphatic rings. The van der Waals surface area contributed by atoms with Gasteiger partial charge >= 0.3 is 6.18 Å². The fourth-order valence-corrected chi connectivity index (χ4v) is 2.48. The van der Waals surface area contributed by atoms with Gasteiger partial charge in [0.25, 0.3) is 0 Å². The molecule has 0 N–H and O–H groups in total. The van der Waals surface area contributed by atoms with Crippen molar-refractivity contribution in [3.63, 3.8) is 0 Å². The number of nitrogens with zero attached hydrogens (tertiary/aromatic N) is 2. The van der Waals surface area contributed by atoms with Crippen LogP contribution in [0.5, 0.6) is 0 Å². The van der Waals surface area contributed by atoms with Gasteiger partial charge in [-0.05, 0) is 42.3 Å². The fourth-order valence-electron chi connectivity index (χ4n) is 2.48. The summed E-state index contributed by atoms with van der Waals surface area (Å²) >= 11 is 0. The van der Waals surface area contributed by atoms with E-state index in [9.17, 15) is 18.0 Å². The first-order chi connectivity index (χ1) is 10.8. The predicted octanol–water partition coefficient (Wildman–Crippen LogP) is 4.31. The Morgan fingerprint density at radius 1 is 1.13 bits per heavy atom. The summed E-state index contributed by atoms with van der Waals surface area (Å²) in [5, 5.41) is 0. The third-order valence-electron chi connectivity index (χ3n) is 3.54. The lowest BCUT2D eigenvalue weighted by Gasteiger charge is -2.09. The van der Waals surface area contributed by atoms with Crippen LogP contribution >= 0.6 is 0 Å². The van der Waals surface area contributed by atoms with Crippen LogP contribution in [0.2, 0.25) is 0 Å². The van der Waals surface area contributed by atoms with Crippen LogP contribution in [0.4, 0.5) is 13.2 Å². The number of hydrogen-bond donors (Lipinski definition) is 0. The van der Waals surface area contributed by atoms with Gasteiger partial charge in [0.05, 0.1) is 29.5 Å². The molecule has 0 atom stereocenters. The molecule has 0 aliphatic heterocycles. The molecule has 0 spiro atoms. The van der Waals surface area contributed by atoms with E-state index in [4.69, 9.17) is 0 Å². The minimum Gasteiger partial charge on any atom is -0.323 e. The molecule has 6 heteroatoms. The van der Waals surface area contributed by atoms with Crippen molar-refractivity contribution in [3.05, 3.63) is 54.4 Å². The molecule has 3 aromatic rings. The van der Waals surface area contributed by atoms with Crippen molar-refractivity contribution in [2.75, 3.05) is 0 Å². The quantitative estimate of drug-likeness (QED) is 0.721. The Morgan fingerprint density at radius 3 is 2.57 bits per heavy atom. The van der Waals surface area contributed by atoms with E-state index in [-0.39, 0.29) is 12.3 Å². The third-order valence-corrected chi connectivity index (χ3v) is 3.54. The summed E-state index contributed by atoms with van der Waals surface area (Å²) < 4.78 is 40.2. The van der Waals surface area contributed by atoms with Crippen LogP contribution in [0.25, 0.3) is 22.2 Å². The van der Waals surface area contributed by atoms with Gasteiger partial charge in [-0.25, -0.2) is 4.98 Å². The topological polar surface area (TPSA) is 34.9 Å². The van der Waals surface area contributed by atoms with Crippen LogP contribution in [-0.4, -0.2) is 15.3 Å². The number of rotatable bonds is 3. The molecule has 1 aromatic heterocycles. The van der Waals surface area contributed by atoms with E-state index in [0.717, 1.165) is 17.6 Å². The highest BCUT2D eigenvalue weighted by atomic mass is 19.4. The second-order valence-electron chi connectivity index (χ2n) is 5.36. The van der Waals surface area contributed by atoms with E-state index in [2.05, 4.69) is 4.98 Å². The molecule has 0 unspecified atom stereocenters. The molecule has 3 rings (SSSR count). The van der Waals surface area contributed by atoms with E-state index in [0.29, 0.717) is 16.6 Å². The van der Waals surface area contributed by atoms with Crippen LogP contribution in [-0.2, 0) is 17.5 Å². The zero-order valence-corrected chi connectivity index (χ0v) is 12.3. The molecule has 0 saturated carbocycles. The molecule has 0 saturated heterocycles. The van der Waals surface area contributed by atoms with E-state index in [1.165, 1.54) is 13.0 Å². The highest BCUT2D eigenvalue weighted by Gasteiger charge is 2.30. The van der Waals surface area contributed by atoms with Gasteiger partial charge in [-0.15, -0.1) is 0 Å². The maximum atomic E-state index is 12.8. The second kappa shape index (κ2) is 5.53. The minimum absolute atomic E-state index is 0.0197. The van der Waals surface area contributed by atoms with Gasteiger partial charge in [0.2, 0.25) is 0 Å². The molecule has 0 amide bonds. The van der Waals surface area contributed by atoms with Crippen molar-refractivity contribution < 1.29 is 18.0 Å². The third kappa shape index (κ3) is 3.11. The molecule has 0 bridgehead atoms. The standard InChI is InChI=1S/C17H13F3N2O/c1-11(23)9-22-10-21-15-6-5-13(8-16(15)22)12-3-2-4-14(7-12)17(18,19)20/h2-8,10H,9H2,1H3. The van der Waals surface area contributed by atoms with Gasteiger partial charge in [0, 0.05) is 0 Å². The number of alkyl halides is 3. The van der Waals surface area contributed by atoms with Gasteiger partial charge in [-0.3, -0.25) is 4.79 Å². The highest BCUT2D eigenvalue weighted by molar-refractivity contribution is 5.84. The summed E-state index contributed by atoms with van der Waals surface area (Å²) in [4.78, 5) is 15.5. The molecule has 0 fully saturated rings. The van der Waals surface area contributed by atoms with Crippen molar-refractivity contribution in [2.24, 2.45) is 0 Å². The lowest BCUT2D eigenvalue weighted by Crippen LogP contribution is -2.05. The molecular weight excluding hydrogens is 305 g/mol. The number of carbonyl (C=O) groups is 1. The second-order valence-corrected chi connectivity index (χ2v) is 5.36. The van der Waals surface area contributed by atoms with Crippen molar-refractivity contribution in [1.82, 2.24) is 9.55 Å². The number of carbonyl (C=O) groups excluding carboxylic acids is 1. The van der Waals surface area contributed by atoms with Crippen molar-refractivity contribution in [1.29, 1.82) is 0 Å². The summed E-state index contributed by atoms with van der Waals surface area (Å²) in [6.07, 6.45) is -2.82. The average Bonchev–Trinajstić information content (AvgIpc) is 2.88. The van der Waals surface area contributed by atoms with Crippen molar-refractivity contribution >= 4 is 16.8 Å². The summed E-state index contributed by atoms with van der Waals surface area (Å²) in [5.41, 5.74) is 1.84.